The highest BCUT2D eigenvalue weighted by molar-refractivity contribution is 5.89. The Morgan fingerprint density at radius 2 is 2.00 bits per heavy atom. The van der Waals surface area contributed by atoms with Gasteiger partial charge in [0.1, 0.15) is 0 Å². The molecular formula is C20H23NO6. The topological polar surface area (TPSA) is 66.5 Å². The zero-order chi connectivity index (χ0) is 18.6. The monoisotopic (exact) mass is 373 g/mol. The summed E-state index contributed by atoms with van der Waals surface area (Å²) in [4.78, 5) is 15.6. The summed E-state index contributed by atoms with van der Waals surface area (Å²) in [5.74, 6) is 0.406. The molecule has 7 heteroatoms. The van der Waals surface area contributed by atoms with Crippen LogP contribution >= 0.6 is 0 Å². The SMILES string of the molecule is COC1C(=O)C[C@]23CCN(C)[C@@]24CC(O[C@@]14OC)c1cc2c(cc13)OCO2. The fourth-order valence-electron chi connectivity index (χ4n) is 6.82. The molecule has 1 spiro atoms. The van der Waals surface area contributed by atoms with Gasteiger partial charge >= 0.3 is 0 Å². The van der Waals surface area contributed by atoms with Crippen molar-refractivity contribution in [2.75, 3.05) is 34.6 Å². The molecule has 0 radical (unpaired) electrons. The molecule has 2 aliphatic carbocycles. The van der Waals surface area contributed by atoms with E-state index in [0.29, 0.717) is 6.42 Å². The predicted molar refractivity (Wildman–Crippen MR) is 92.8 cm³/mol. The van der Waals surface area contributed by atoms with Crippen molar-refractivity contribution in [1.82, 2.24) is 4.90 Å². The molecule has 0 amide bonds. The summed E-state index contributed by atoms with van der Waals surface area (Å²) in [5.41, 5.74) is 1.41. The lowest BCUT2D eigenvalue weighted by Gasteiger charge is -2.59. The molecule has 1 aromatic rings. The summed E-state index contributed by atoms with van der Waals surface area (Å²) in [6, 6.07) is 4.11. The maximum atomic E-state index is 13.2. The largest absolute Gasteiger partial charge is 0.454 e. The predicted octanol–water partition coefficient (Wildman–Crippen LogP) is 1.53. The van der Waals surface area contributed by atoms with Gasteiger partial charge in [-0.25, -0.2) is 0 Å². The van der Waals surface area contributed by atoms with Gasteiger partial charge in [-0.05, 0) is 43.3 Å². The van der Waals surface area contributed by atoms with Crippen LogP contribution in [0.3, 0.4) is 0 Å². The van der Waals surface area contributed by atoms with Gasteiger partial charge in [-0.3, -0.25) is 9.69 Å². The van der Waals surface area contributed by atoms with Crippen molar-refractivity contribution in [3.8, 4) is 11.5 Å². The Morgan fingerprint density at radius 1 is 1.22 bits per heavy atom. The molecule has 0 aromatic heterocycles. The molecule has 2 unspecified atom stereocenters. The summed E-state index contributed by atoms with van der Waals surface area (Å²) in [6.45, 7) is 1.10. The molecule has 5 aliphatic rings. The lowest BCUT2D eigenvalue weighted by atomic mass is 9.51. The Morgan fingerprint density at radius 3 is 2.74 bits per heavy atom. The number of Topliss-reactive ketones (excluding diaryl/α,β-unsaturated/α-hetero) is 1. The van der Waals surface area contributed by atoms with Crippen molar-refractivity contribution in [3.05, 3.63) is 23.3 Å². The van der Waals surface area contributed by atoms with E-state index in [9.17, 15) is 4.79 Å². The standard InChI is InChI=1S/C20H23NO6/c1-21-5-4-18-8-13(22)17(23-2)20(24-3)19(18,21)9-16(27-20)11-6-14-15(7-12(11)18)26-10-25-14/h6-7,16-17H,4-5,8-10H2,1-3H3/t16?,17?,18-,19-,20-/m0/s1. The van der Waals surface area contributed by atoms with Gasteiger partial charge in [0.25, 0.3) is 0 Å². The number of ketones is 1. The fourth-order valence-corrected chi connectivity index (χ4v) is 6.82. The molecule has 1 aromatic carbocycles. The molecule has 6 rings (SSSR count). The van der Waals surface area contributed by atoms with Crippen molar-refractivity contribution < 1.29 is 28.5 Å². The van der Waals surface area contributed by atoms with E-state index < -0.39 is 17.4 Å². The van der Waals surface area contributed by atoms with Crippen molar-refractivity contribution in [2.24, 2.45) is 0 Å². The molecule has 144 valence electrons. The van der Waals surface area contributed by atoms with E-state index in [1.807, 2.05) is 6.07 Å². The van der Waals surface area contributed by atoms with Crippen LogP contribution in [0.1, 0.15) is 36.5 Å². The molecule has 27 heavy (non-hydrogen) atoms. The van der Waals surface area contributed by atoms with Crippen molar-refractivity contribution in [2.45, 2.75) is 48.2 Å². The van der Waals surface area contributed by atoms with Gasteiger partial charge in [-0.2, -0.15) is 0 Å². The first-order valence-electron chi connectivity index (χ1n) is 9.47. The van der Waals surface area contributed by atoms with Crippen LogP contribution < -0.4 is 9.47 Å². The molecule has 5 atom stereocenters. The lowest BCUT2D eigenvalue weighted by Crippen LogP contribution is -2.76. The number of hydrogen-bond donors (Lipinski definition) is 0. The summed E-state index contributed by atoms with van der Waals surface area (Å²) >= 11 is 0. The minimum Gasteiger partial charge on any atom is -0.454 e. The normalized spacial score (nSPS) is 43.7. The first-order valence-corrected chi connectivity index (χ1v) is 9.47. The van der Waals surface area contributed by atoms with Crippen LogP contribution in [0.2, 0.25) is 0 Å². The Bertz CT molecular complexity index is 872. The summed E-state index contributed by atoms with van der Waals surface area (Å²) in [7, 11) is 5.31. The van der Waals surface area contributed by atoms with E-state index in [1.54, 1.807) is 14.2 Å². The van der Waals surface area contributed by atoms with E-state index in [-0.39, 0.29) is 24.1 Å². The first kappa shape index (κ1) is 16.3. The second-order valence-electron chi connectivity index (χ2n) is 8.35. The van der Waals surface area contributed by atoms with Gasteiger partial charge in [0, 0.05) is 32.5 Å². The summed E-state index contributed by atoms with van der Waals surface area (Å²) in [5, 5.41) is 0. The van der Waals surface area contributed by atoms with Gasteiger partial charge in [0.2, 0.25) is 12.6 Å². The maximum absolute atomic E-state index is 13.2. The number of rotatable bonds is 2. The smallest absolute Gasteiger partial charge is 0.231 e. The molecule has 2 saturated heterocycles. The minimum absolute atomic E-state index is 0.0384. The molecular weight excluding hydrogens is 350 g/mol. The van der Waals surface area contributed by atoms with Gasteiger partial charge in [0.15, 0.2) is 23.4 Å². The maximum Gasteiger partial charge on any atom is 0.231 e. The van der Waals surface area contributed by atoms with Gasteiger partial charge in [-0.15, -0.1) is 0 Å². The highest BCUT2D eigenvalue weighted by atomic mass is 16.7. The van der Waals surface area contributed by atoms with Crippen LogP contribution in [-0.2, 0) is 24.4 Å². The molecule has 2 bridgehead atoms. The number of ether oxygens (including phenoxy) is 5. The molecule has 0 N–H and O–H groups in total. The number of likely N-dealkylation sites (tertiary alicyclic amines) is 1. The second kappa shape index (κ2) is 4.84. The fraction of sp³-hybridized carbons (Fsp3) is 0.650. The van der Waals surface area contributed by atoms with Gasteiger partial charge in [0.05, 0.1) is 11.6 Å². The third kappa shape index (κ3) is 1.49. The zero-order valence-electron chi connectivity index (χ0n) is 15.7. The van der Waals surface area contributed by atoms with Crippen LogP contribution in [0, 0.1) is 0 Å². The lowest BCUT2D eigenvalue weighted by molar-refractivity contribution is -0.309. The Hall–Kier alpha value is -1.67. The molecule has 3 heterocycles. The Labute approximate surface area is 157 Å². The van der Waals surface area contributed by atoms with Crippen molar-refractivity contribution in [3.63, 3.8) is 0 Å². The number of hydrogen-bond acceptors (Lipinski definition) is 7. The summed E-state index contributed by atoms with van der Waals surface area (Å²) < 4.78 is 29.7. The number of fused-ring (bicyclic) bond motifs is 4. The average Bonchev–Trinajstić information content (AvgIpc) is 3.33. The van der Waals surface area contributed by atoms with Crippen LogP contribution in [0.15, 0.2) is 12.1 Å². The molecule has 1 saturated carbocycles. The van der Waals surface area contributed by atoms with E-state index in [2.05, 4.69) is 18.0 Å². The van der Waals surface area contributed by atoms with E-state index in [4.69, 9.17) is 23.7 Å². The Balaban J connectivity index is 1.69. The van der Waals surface area contributed by atoms with Gasteiger partial charge in [-0.1, -0.05) is 0 Å². The third-order valence-corrected chi connectivity index (χ3v) is 7.75. The molecule has 7 nitrogen and oxygen atoms in total. The number of nitrogens with zero attached hydrogens (tertiary/aromatic N) is 1. The quantitative estimate of drug-likeness (QED) is 0.779. The number of likely N-dealkylation sites (N-methyl/N-ethyl adjacent to an activating group) is 1. The molecule has 3 aliphatic heterocycles. The third-order valence-electron chi connectivity index (χ3n) is 7.75. The van der Waals surface area contributed by atoms with Crippen molar-refractivity contribution in [1.29, 1.82) is 0 Å². The van der Waals surface area contributed by atoms with E-state index >= 15 is 0 Å². The number of methoxy groups -OCH3 is 2. The number of carbonyl (C=O) groups is 1. The van der Waals surface area contributed by atoms with Gasteiger partial charge < -0.3 is 23.7 Å². The Kier molecular flexibility index (Phi) is 2.92. The highest BCUT2D eigenvalue weighted by Gasteiger charge is 2.82. The minimum atomic E-state index is -1.13. The van der Waals surface area contributed by atoms with Crippen LogP contribution in [-0.4, -0.2) is 62.7 Å². The number of benzene rings is 1. The second-order valence-corrected chi connectivity index (χ2v) is 8.35. The van der Waals surface area contributed by atoms with E-state index in [1.165, 1.54) is 0 Å². The van der Waals surface area contributed by atoms with Crippen molar-refractivity contribution >= 4 is 5.78 Å². The summed E-state index contributed by atoms with van der Waals surface area (Å²) in [6.07, 6.45) is 1.15. The van der Waals surface area contributed by atoms with Crippen LogP contribution in [0.5, 0.6) is 11.5 Å². The highest BCUT2D eigenvalue weighted by Crippen LogP contribution is 2.71. The van der Waals surface area contributed by atoms with Crippen LogP contribution in [0.4, 0.5) is 0 Å². The van der Waals surface area contributed by atoms with E-state index in [0.717, 1.165) is 42.0 Å². The average molecular weight is 373 g/mol. The first-order chi connectivity index (χ1) is 13.0. The zero-order valence-corrected chi connectivity index (χ0v) is 15.7. The molecule has 3 fully saturated rings. The number of carbonyl (C=O) groups excluding carboxylic acids is 1. The van der Waals surface area contributed by atoms with Crippen LogP contribution in [0.25, 0.3) is 0 Å².